The van der Waals surface area contributed by atoms with Gasteiger partial charge >= 0.3 is 0 Å². The summed E-state index contributed by atoms with van der Waals surface area (Å²) in [6.45, 7) is 0. The van der Waals surface area contributed by atoms with Crippen LogP contribution in [0.15, 0.2) is 10.5 Å². The second-order valence-electron chi connectivity index (χ2n) is 2.22. The van der Waals surface area contributed by atoms with Crippen molar-refractivity contribution in [1.29, 1.82) is 0 Å². The molecular weight excluding hydrogens is 331 g/mol. The normalized spacial score (nSPS) is 10.9. The fourth-order valence-electron chi connectivity index (χ4n) is 0.842. The van der Waals surface area contributed by atoms with Gasteiger partial charge in [0, 0.05) is 15.4 Å². The van der Waals surface area contributed by atoms with Crippen LogP contribution in [0.2, 0.25) is 5.15 Å². The van der Waals surface area contributed by atoms with Crippen molar-refractivity contribution in [3.05, 3.63) is 26.9 Å². The van der Waals surface area contributed by atoms with Crippen LogP contribution in [0.5, 0.6) is 0 Å². The van der Waals surface area contributed by atoms with Crippen LogP contribution < -0.4 is 0 Å². The van der Waals surface area contributed by atoms with Gasteiger partial charge in [-0.15, -0.1) is 0 Å². The van der Waals surface area contributed by atoms with Crippen LogP contribution in [-0.2, 0) is 5.33 Å². The molecule has 0 atom stereocenters. The van der Waals surface area contributed by atoms with Gasteiger partial charge in [0.25, 0.3) is 6.43 Å². The van der Waals surface area contributed by atoms with E-state index in [1.54, 1.807) is 0 Å². The predicted octanol–water partition coefficient (Wildman–Crippen LogP) is 4.33. The van der Waals surface area contributed by atoms with E-state index in [-0.39, 0.29) is 10.8 Å². The molecule has 0 amide bonds. The topological polar surface area (TPSA) is 12.9 Å². The minimum atomic E-state index is -2.61. The van der Waals surface area contributed by atoms with Gasteiger partial charge in [0.1, 0.15) is 10.8 Å². The molecule has 0 saturated carbocycles. The fourth-order valence-corrected chi connectivity index (χ4v) is 2.70. The number of aromatic nitrogens is 1. The molecule has 0 aromatic carbocycles. The lowest BCUT2D eigenvalue weighted by Crippen LogP contribution is -1.98. The second kappa shape index (κ2) is 4.66. The Labute approximate surface area is 95.8 Å². The van der Waals surface area contributed by atoms with E-state index in [1.807, 2.05) is 0 Å². The Morgan fingerprint density at radius 2 is 2.15 bits per heavy atom. The average molecular weight is 335 g/mol. The highest BCUT2D eigenvalue weighted by Crippen LogP contribution is 2.30. The smallest absolute Gasteiger partial charge is 0.235 e. The summed E-state index contributed by atoms with van der Waals surface area (Å²) < 4.78 is 25.4. The van der Waals surface area contributed by atoms with Crippen molar-refractivity contribution in [1.82, 2.24) is 4.98 Å². The van der Waals surface area contributed by atoms with Crippen molar-refractivity contribution in [3.63, 3.8) is 0 Å². The molecule has 0 aliphatic rings. The first-order chi connectivity index (χ1) is 6.06. The van der Waals surface area contributed by atoms with Crippen molar-refractivity contribution in [2.24, 2.45) is 0 Å². The molecule has 0 spiro atoms. The minimum Gasteiger partial charge on any atom is -0.235 e. The summed E-state index contributed by atoms with van der Waals surface area (Å²) in [5.74, 6) is 0. The zero-order chi connectivity index (χ0) is 10.0. The highest BCUT2D eigenvalue weighted by atomic mass is 79.9. The maximum absolute atomic E-state index is 12.4. The van der Waals surface area contributed by atoms with Gasteiger partial charge < -0.3 is 0 Å². The Hall–Kier alpha value is 0.260. The summed E-state index contributed by atoms with van der Waals surface area (Å²) in [4.78, 5) is 3.56. The molecule has 0 radical (unpaired) electrons. The van der Waals surface area contributed by atoms with Crippen molar-refractivity contribution in [2.45, 2.75) is 11.8 Å². The Balaban J connectivity index is 3.29. The molecule has 0 saturated heterocycles. The van der Waals surface area contributed by atoms with Gasteiger partial charge in [-0.2, -0.15) is 0 Å². The standard InChI is InChI=1S/C7H4Br2ClF2N/c8-2-3-4(9)1-5(10)13-6(3)7(11)12/h1,7H,2H2. The molecule has 1 nitrogen and oxygen atoms in total. The van der Waals surface area contributed by atoms with Crippen LogP contribution in [0, 0.1) is 0 Å². The van der Waals surface area contributed by atoms with Gasteiger partial charge in [-0.05, 0) is 6.07 Å². The highest BCUT2D eigenvalue weighted by Gasteiger charge is 2.17. The zero-order valence-corrected chi connectivity index (χ0v) is 10.1. The molecule has 0 bridgehead atoms. The van der Waals surface area contributed by atoms with Gasteiger partial charge in [0.15, 0.2) is 0 Å². The lowest BCUT2D eigenvalue weighted by molar-refractivity contribution is 0.145. The third kappa shape index (κ3) is 2.60. The van der Waals surface area contributed by atoms with Gasteiger partial charge in [-0.3, -0.25) is 0 Å². The first-order valence-corrected chi connectivity index (χ1v) is 5.54. The van der Waals surface area contributed by atoms with Gasteiger partial charge in [0.05, 0.1) is 0 Å². The van der Waals surface area contributed by atoms with Gasteiger partial charge in [-0.25, -0.2) is 13.8 Å². The maximum Gasteiger partial charge on any atom is 0.280 e. The molecule has 1 aromatic heterocycles. The summed E-state index contributed by atoms with van der Waals surface area (Å²) in [5.41, 5.74) is 0.149. The minimum absolute atomic E-state index is 0.0619. The summed E-state index contributed by atoms with van der Waals surface area (Å²) in [7, 11) is 0. The Kier molecular flexibility index (Phi) is 4.06. The number of halogens is 5. The molecule has 1 rings (SSSR count). The summed E-state index contributed by atoms with van der Waals surface area (Å²) in [6, 6.07) is 1.49. The van der Waals surface area contributed by atoms with Gasteiger partial charge in [-0.1, -0.05) is 43.5 Å². The first-order valence-electron chi connectivity index (χ1n) is 3.25. The van der Waals surface area contributed by atoms with Crippen LogP contribution >= 0.6 is 43.5 Å². The fraction of sp³-hybridized carbons (Fsp3) is 0.286. The van der Waals surface area contributed by atoms with Crippen LogP contribution in [0.4, 0.5) is 8.78 Å². The van der Waals surface area contributed by atoms with E-state index in [0.29, 0.717) is 15.4 Å². The molecular formula is C7H4Br2ClF2N. The van der Waals surface area contributed by atoms with Crippen molar-refractivity contribution < 1.29 is 8.78 Å². The SMILES string of the molecule is FC(F)c1nc(Cl)cc(Br)c1CBr. The maximum atomic E-state index is 12.4. The summed E-state index contributed by atoms with van der Waals surface area (Å²) in [5, 5.41) is 0.379. The lowest BCUT2D eigenvalue weighted by atomic mass is 10.2. The third-order valence-electron chi connectivity index (χ3n) is 1.41. The molecule has 72 valence electrons. The molecule has 6 heteroatoms. The quantitative estimate of drug-likeness (QED) is 0.579. The van der Waals surface area contributed by atoms with E-state index in [1.165, 1.54) is 6.07 Å². The monoisotopic (exact) mass is 333 g/mol. The largest absolute Gasteiger partial charge is 0.280 e. The number of alkyl halides is 3. The van der Waals surface area contributed by atoms with Crippen molar-refractivity contribution in [2.75, 3.05) is 0 Å². The van der Waals surface area contributed by atoms with E-state index in [2.05, 4.69) is 36.8 Å². The predicted molar refractivity (Wildman–Crippen MR) is 54.5 cm³/mol. The molecule has 1 aromatic rings. The summed E-state index contributed by atoms with van der Waals surface area (Å²) in [6.07, 6.45) is -2.61. The number of rotatable bonds is 2. The molecule has 0 aliphatic heterocycles. The van der Waals surface area contributed by atoms with Crippen molar-refractivity contribution >= 4 is 43.5 Å². The molecule has 0 fully saturated rings. The highest BCUT2D eigenvalue weighted by molar-refractivity contribution is 9.10. The van der Waals surface area contributed by atoms with Crippen LogP contribution in [-0.4, -0.2) is 4.98 Å². The van der Waals surface area contributed by atoms with Crippen LogP contribution in [0.1, 0.15) is 17.7 Å². The molecule has 1 heterocycles. The van der Waals surface area contributed by atoms with E-state index < -0.39 is 6.43 Å². The Bertz CT molecular complexity index is 320. The number of hydrogen-bond acceptors (Lipinski definition) is 1. The van der Waals surface area contributed by atoms with Gasteiger partial charge in [0.2, 0.25) is 0 Å². The molecule has 0 unspecified atom stereocenters. The first kappa shape index (κ1) is 11.3. The van der Waals surface area contributed by atoms with Crippen LogP contribution in [0.3, 0.4) is 0 Å². The van der Waals surface area contributed by atoms with Crippen LogP contribution in [0.25, 0.3) is 0 Å². The number of pyridine rings is 1. The third-order valence-corrected chi connectivity index (χ3v) is 2.87. The molecule has 0 aliphatic carbocycles. The van der Waals surface area contributed by atoms with E-state index in [0.717, 1.165) is 0 Å². The zero-order valence-electron chi connectivity index (χ0n) is 6.20. The van der Waals surface area contributed by atoms with E-state index in [4.69, 9.17) is 11.6 Å². The van der Waals surface area contributed by atoms with Crippen molar-refractivity contribution in [3.8, 4) is 0 Å². The lowest BCUT2D eigenvalue weighted by Gasteiger charge is -2.07. The average Bonchev–Trinajstić information content (AvgIpc) is 2.02. The Morgan fingerprint density at radius 1 is 1.54 bits per heavy atom. The number of nitrogens with zero attached hydrogens (tertiary/aromatic N) is 1. The van der Waals surface area contributed by atoms with E-state index >= 15 is 0 Å². The second-order valence-corrected chi connectivity index (χ2v) is 4.03. The molecule has 0 N–H and O–H groups in total. The summed E-state index contributed by atoms with van der Waals surface area (Å²) >= 11 is 11.8. The number of hydrogen-bond donors (Lipinski definition) is 0. The molecule has 13 heavy (non-hydrogen) atoms. The van der Waals surface area contributed by atoms with E-state index in [9.17, 15) is 8.78 Å². The Morgan fingerprint density at radius 3 is 2.62 bits per heavy atom.